The molecule has 0 unspecified atom stereocenters. The third kappa shape index (κ3) is 30.9. The molecule has 0 aliphatic heterocycles. The van der Waals surface area contributed by atoms with Crippen LogP contribution in [0.1, 0.15) is 122 Å². The molecule has 31 heavy (non-hydrogen) atoms. The van der Waals surface area contributed by atoms with Crippen molar-refractivity contribution in [3.63, 3.8) is 0 Å². The average Bonchev–Trinajstić information content (AvgIpc) is 2.68. The van der Waals surface area contributed by atoms with Crippen LogP contribution in [0.15, 0.2) is 0 Å². The number of ether oxygens (including phenoxy) is 1. The minimum absolute atomic E-state index is 0. The van der Waals surface area contributed by atoms with Crippen LogP contribution in [-0.2, 0) is 29.5 Å². The third-order valence-corrected chi connectivity index (χ3v) is 5.32. The van der Waals surface area contributed by atoms with Gasteiger partial charge in [-0.05, 0) is 6.42 Å². The van der Waals surface area contributed by atoms with Gasteiger partial charge in [0.2, 0.25) is 0 Å². The number of carbonyl (C=O) groups is 2. The Balaban J connectivity index is -0.00000392. The summed E-state index contributed by atoms with van der Waals surface area (Å²) in [6.07, 6.45) is 20.2. The minimum atomic E-state index is -3.20. The van der Waals surface area contributed by atoms with Crippen LogP contribution in [-0.4, -0.2) is 86.1 Å². The van der Waals surface area contributed by atoms with Gasteiger partial charge < -0.3 is 8.92 Å². The zero-order valence-electron chi connectivity index (χ0n) is 18.3. The van der Waals surface area contributed by atoms with E-state index in [-0.39, 0.29) is 72.0 Å². The summed E-state index contributed by atoms with van der Waals surface area (Å²) in [5.41, 5.74) is 0. The van der Waals surface area contributed by atoms with Crippen LogP contribution in [0.5, 0.6) is 0 Å². The molecule has 0 amide bonds. The molecule has 0 N–H and O–H groups in total. The fourth-order valence-electron chi connectivity index (χ4n) is 3.24. The Kier molecular flexibility index (Phi) is 34.0. The molecular weight excluding hydrogens is 438 g/mol. The van der Waals surface area contributed by atoms with Crippen LogP contribution in [0.3, 0.4) is 0 Å². The first-order valence-corrected chi connectivity index (χ1v) is 12.7. The zero-order chi connectivity index (χ0) is 21.6. The van der Waals surface area contributed by atoms with E-state index < -0.39 is 22.9 Å². The molecular formula is C22H44Na2O6S. The molecule has 6 nitrogen and oxygen atoms in total. The van der Waals surface area contributed by atoms with Crippen molar-refractivity contribution in [1.29, 1.82) is 0 Å². The summed E-state index contributed by atoms with van der Waals surface area (Å²) in [5, 5.41) is 0. The Bertz CT molecular complexity index is 479. The number of unbranched alkanes of at least 4 members (excludes halogenated alkanes) is 15. The first-order chi connectivity index (χ1) is 14.1. The molecule has 0 aromatic rings. The Morgan fingerprint density at radius 2 is 0.935 bits per heavy atom. The van der Waals surface area contributed by atoms with E-state index in [1.165, 1.54) is 83.5 Å². The van der Waals surface area contributed by atoms with Crippen LogP contribution in [0.4, 0.5) is 0 Å². The quantitative estimate of drug-likeness (QED) is 0.113. The van der Waals surface area contributed by atoms with Crippen LogP contribution in [0, 0.1) is 0 Å². The van der Waals surface area contributed by atoms with Gasteiger partial charge in [-0.1, -0.05) is 103 Å². The Hall–Kier alpha value is 0.890. The molecule has 0 aromatic carbocycles. The zero-order valence-corrected chi connectivity index (χ0v) is 19.2. The Morgan fingerprint density at radius 3 is 1.32 bits per heavy atom. The van der Waals surface area contributed by atoms with Gasteiger partial charge in [-0.2, -0.15) is 8.42 Å². The van der Waals surface area contributed by atoms with E-state index in [9.17, 15) is 18.0 Å². The summed E-state index contributed by atoms with van der Waals surface area (Å²) in [4.78, 5) is 22.4. The summed E-state index contributed by atoms with van der Waals surface area (Å²) in [6.45, 7) is 2.61. The predicted octanol–water partition coefficient (Wildman–Crippen LogP) is 4.34. The van der Waals surface area contributed by atoms with Crippen LogP contribution in [0.25, 0.3) is 0 Å². The predicted molar refractivity (Wildman–Crippen MR) is 130 cm³/mol. The van der Waals surface area contributed by atoms with Crippen molar-refractivity contribution in [2.45, 2.75) is 122 Å². The number of thiol groups is 1. The van der Waals surface area contributed by atoms with Crippen molar-refractivity contribution in [2.24, 2.45) is 0 Å². The van der Waals surface area contributed by atoms with Crippen molar-refractivity contribution >= 4 is 82.0 Å². The van der Waals surface area contributed by atoms with Crippen LogP contribution in [0.2, 0.25) is 0 Å². The average molecular weight is 483 g/mol. The maximum atomic E-state index is 11.4. The second-order valence-electron chi connectivity index (χ2n) is 7.71. The molecule has 0 aromatic heterocycles. The molecule has 0 fully saturated rings. The van der Waals surface area contributed by atoms with Gasteiger partial charge in [0.25, 0.3) is 0 Å². The number of rotatable bonds is 21. The molecule has 0 saturated heterocycles. The second kappa shape index (κ2) is 28.9. The van der Waals surface area contributed by atoms with Gasteiger partial charge in [0.1, 0.15) is 0 Å². The number of hydrogen-bond acceptors (Lipinski definition) is 6. The first-order valence-electron chi connectivity index (χ1n) is 11.6. The fourth-order valence-corrected chi connectivity index (χ4v) is 3.50. The van der Waals surface area contributed by atoms with Gasteiger partial charge in [0.05, 0.1) is 19.4 Å². The van der Waals surface area contributed by atoms with Gasteiger partial charge in [-0.25, -0.2) is 0 Å². The molecule has 0 bridgehead atoms. The molecule has 0 aliphatic carbocycles. The summed E-state index contributed by atoms with van der Waals surface area (Å²) in [5.74, 6) is -1.43. The molecule has 0 saturated carbocycles. The topological polar surface area (TPSA) is 86.7 Å². The first kappa shape index (κ1) is 36.5. The monoisotopic (exact) mass is 482 g/mol. The third-order valence-electron chi connectivity index (χ3n) is 4.97. The number of carbonyl (C=O) groups excluding carboxylic acids is 2. The van der Waals surface area contributed by atoms with Crippen molar-refractivity contribution < 1.29 is 26.9 Å². The van der Waals surface area contributed by atoms with Crippen molar-refractivity contribution in [3.8, 4) is 0 Å². The maximum absolute atomic E-state index is 11.4. The van der Waals surface area contributed by atoms with Crippen LogP contribution >= 0.6 is 0 Å². The molecule has 0 atom stereocenters. The molecule has 0 radical (unpaired) electrons. The van der Waals surface area contributed by atoms with Crippen LogP contribution < -0.4 is 0 Å². The molecule has 0 spiro atoms. The van der Waals surface area contributed by atoms with Gasteiger partial charge in [0, 0.05) is 0 Å². The molecule has 176 valence electrons. The fraction of sp³-hybridized carbons (Fsp3) is 0.909. The normalized spacial score (nSPS) is 10.3. The second-order valence-corrected chi connectivity index (χ2v) is 8.34. The van der Waals surface area contributed by atoms with E-state index in [2.05, 4.69) is 11.1 Å². The molecule has 0 aliphatic rings. The summed E-state index contributed by atoms with van der Waals surface area (Å²) < 4.78 is 29.3. The van der Waals surface area contributed by atoms with E-state index in [1.54, 1.807) is 0 Å². The standard InChI is InChI=1S/C22H42O6S.2Na.2H/c1-2-3-4-5-6-7-8-9-10-11-12-13-14-15-16-17-20-27-21(23)18-19-22(24)28-29(25)26;;;;/h29H,2-20H2,1H3;;;;. The van der Waals surface area contributed by atoms with Gasteiger partial charge in [-0.3, -0.25) is 9.59 Å². The summed E-state index contributed by atoms with van der Waals surface area (Å²) >= 11 is 0. The molecule has 0 heterocycles. The van der Waals surface area contributed by atoms with Gasteiger partial charge in [0.15, 0.2) is 0 Å². The van der Waals surface area contributed by atoms with Crippen molar-refractivity contribution in [1.82, 2.24) is 0 Å². The summed E-state index contributed by atoms with van der Waals surface area (Å²) in [6, 6.07) is 0. The van der Waals surface area contributed by atoms with E-state index in [0.717, 1.165) is 19.3 Å². The number of esters is 1. The SMILES string of the molecule is CCCCCCCCCCCCCCCCCCOC(=O)CCC(=O)O[SH](=O)=O.[NaH].[NaH]. The Labute approximate surface area is 236 Å². The number of hydrogen-bond donors (Lipinski definition) is 1. The van der Waals surface area contributed by atoms with E-state index in [1.807, 2.05) is 0 Å². The van der Waals surface area contributed by atoms with E-state index in [0.29, 0.717) is 6.61 Å². The summed E-state index contributed by atoms with van der Waals surface area (Å²) in [7, 11) is -3.20. The van der Waals surface area contributed by atoms with E-state index in [4.69, 9.17) is 4.74 Å². The van der Waals surface area contributed by atoms with Crippen molar-refractivity contribution in [2.75, 3.05) is 6.61 Å². The van der Waals surface area contributed by atoms with Gasteiger partial charge >= 0.3 is 82.0 Å². The van der Waals surface area contributed by atoms with Gasteiger partial charge in [-0.15, -0.1) is 0 Å². The van der Waals surface area contributed by atoms with E-state index >= 15 is 0 Å². The molecule has 9 heteroatoms. The van der Waals surface area contributed by atoms with Crippen molar-refractivity contribution in [3.05, 3.63) is 0 Å². The molecule has 0 rings (SSSR count). The Morgan fingerprint density at radius 1 is 0.581 bits per heavy atom.